The highest BCUT2D eigenvalue weighted by atomic mass is 32.1. The van der Waals surface area contributed by atoms with Crippen molar-refractivity contribution >= 4 is 23.2 Å². The Labute approximate surface area is 192 Å². The summed E-state index contributed by atoms with van der Waals surface area (Å²) in [5.74, 6) is -1.10. The molecule has 1 atom stereocenters. The molecule has 3 aromatic rings. The highest BCUT2D eigenvalue weighted by Gasteiger charge is 2.35. The zero-order chi connectivity index (χ0) is 22.3. The van der Waals surface area contributed by atoms with Gasteiger partial charge in [0.2, 0.25) is 5.91 Å². The van der Waals surface area contributed by atoms with Gasteiger partial charge in [0.05, 0.1) is 4.88 Å². The quantitative estimate of drug-likeness (QED) is 0.500. The minimum absolute atomic E-state index is 0.0564. The summed E-state index contributed by atoms with van der Waals surface area (Å²) in [6.45, 7) is 0.203. The molecule has 0 unspecified atom stereocenters. The molecule has 32 heavy (non-hydrogen) atoms. The molecule has 6 heteroatoms. The van der Waals surface area contributed by atoms with Crippen LogP contribution in [0.1, 0.15) is 58.9 Å². The second-order valence-corrected chi connectivity index (χ2v) is 9.11. The van der Waals surface area contributed by atoms with Crippen LogP contribution in [-0.2, 0) is 11.3 Å². The molecule has 0 bridgehead atoms. The Hall–Kier alpha value is -2.99. The maximum Gasteiger partial charge on any atom is 0.265 e. The van der Waals surface area contributed by atoms with Crippen LogP contribution >= 0.6 is 11.3 Å². The van der Waals surface area contributed by atoms with Crippen molar-refractivity contribution in [2.24, 2.45) is 0 Å². The number of amides is 2. The number of nitrogens with one attached hydrogen (secondary N) is 1. The first-order valence-corrected chi connectivity index (χ1v) is 11.9. The Balaban J connectivity index is 1.73. The highest BCUT2D eigenvalue weighted by Crippen LogP contribution is 2.29. The molecule has 0 spiro atoms. The van der Waals surface area contributed by atoms with E-state index >= 15 is 0 Å². The van der Waals surface area contributed by atoms with Gasteiger partial charge in [0, 0.05) is 18.2 Å². The summed E-state index contributed by atoms with van der Waals surface area (Å²) in [6.07, 6.45) is 5.12. The highest BCUT2D eigenvalue weighted by molar-refractivity contribution is 7.12. The number of halogens is 1. The fraction of sp³-hybridized carbons (Fsp3) is 0.308. The Morgan fingerprint density at radius 2 is 1.69 bits per heavy atom. The van der Waals surface area contributed by atoms with Crippen molar-refractivity contribution in [3.05, 3.63) is 93.9 Å². The third-order valence-corrected chi connectivity index (χ3v) is 6.76. The molecule has 166 valence electrons. The predicted octanol–water partition coefficient (Wildman–Crippen LogP) is 5.72. The van der Waals surface area contributed by atoms with Crippen molar-refractivity contribution < 1.29 is 14.0 Å². The molecular weight excluding hydrogens is 423 g/mol. The lowest BCUT2D eigenvalue weighted by Gasteiger charge is -2.33. The van der Waals surface area contributed by atoms with Crippen LogP contribution in [0.2, 0.25) is 0 Å². The molecule has 2 amide bonds. The van der Waals surface area contributed by atoms with Crippen LogP contribution in [0.25, 0.3) is 0 Å². The number of carbonyl (C=O) groups is 2. The van der Waals surface area contributed by atoms with Crippen LogP contribution in [-0.4, -0.2) is 22.8 Å². The normalized spacial score (nSPS) is 15.2. The van der Waals surface area contributed by atoms with Crippen molar-refractivity contribution in [2.75, 3.05) is 0 Å². The first kappa shape index (κ1) is 22.2. The van der Waals surface area contributed by atoms with E-state index in [0.29, 0.717) is 4.88 Å². The largest absolute Gasteiger partial charge is 0.351 e. The van der Waals surface area contributed by atoms with Gasteiger partial charge in [-0.15, -0.1) is 11.3 Å². The van der Waals surface area contributed by atoms with Crippen LogP contribution in [0.3, 0.4) is 0 Å². The van der Waals surface area contributed by atoms with Crippen molar-refractivity contribution in [2.45, 2.75) is 50.7 Å². The molecule has 1 saturated carbocycles. The predicted molar refractivity (Wildman–Crippen MR) is 125 cm³/mol. The number of thiophene rings is 1. The molecule has 1 fully saturated rings. The summed E-state index contributed by atoms with van der Waals surface area (Å²) >= 11 is 1.32. The van der Waals surface area contributed by atoms with Crippen molar-refractivity contribution in [1.29, 1.82) is 0 Å². The lowest BCUT2D eigenvalue weighted by atomic mass is 9.94. The van der Waals surface area contributed by atoms with E-state index in [0.717, 1.165) is 31.2 Å². The van der Waals surface area contributed by atoms with Gasteiger partial charge in [-0.25, -0.2) is 4.39 Å². The lowest BCUT2D eigenvalue weighted by Crippen LogP contribution is -2.47. The number of carbonyl (C=O) groups excluding carboxylic acids is 2. The van der Waals surface area contributed by atoms with E-state index < -0.39 is 11.9 Å². The van der Waals surface area contributed by atoms with E-state index in [9.17, 15) is 14.0 Å². The van der Waals surface area contributed by atoms with E-state index in [-0.39, 0.29) is 30.0 Å². The standard InChI is InChI=1S/C26H27FN2O2S/c27-22-15-8-7-14-21(22)24(25(30)28-20-12-5-2-6-13-20)29(18-19-10-3-1-4-11-19)26(31)23-16-9-17-32-23/h1,3-4,7-11,14-17,20,24H,2,5-6,12-13,18H2,(H,28,30)/t24-/m1/s1. The van der Waals surface area contributed by atoms with E-state index in [1.165, 1.54) is 28.7 Å². The summed E-state index contributed by atoms with van der Waals surface area (Å²) in [5, 5.41) is 4.94. The average molecular weight is 451 g/mol. The summed E-state index contributed by atoms with van der Waals surface area (Å²) in [7, 11) is 0. The van der Waals surface area contributed by atoms with E-state index in [4.69, 9.17) is 0 Å². The molecule has 1 heterocycles. The molecule has 0 aliphatic heterocycles. The molecule has 4 nitrogen and oxygen atoms in total. The Morgan fingerprint density at radius 3 is 2.38 bits per heavy atom. The fourth-order valence-corrected chi connectivity index (χ4v) is 4.96. The van der Waals surface area contributed by atoms with Crippen molar-refractivity contribution in [3.63, 3.8) is 0 Å². The van der Waals surface area contributed by atoms with Gasteiger partial charge in [0.15, 0.2) is 0 Å². The molecule has 1 aliphatic carbocycles. The molecule has 0 radical (unpaired) electrons. The lowest BCUT2D eigenvalue weighted by molar-refractivity contribution is -0.127. The van der Waals surface area contributed by atoms with E-state index in [1.807, 2.05) is 35.7 Å². The summed E-state index contributed by atoms with van der Waals surface area (Å²) in [6, 6.07) is 18.3. The topological polar surface area (TPSA) is 49.4 Å². The smallest absolute Gasteiger partial charge is 0.265 e. The minimum atomic E-state index is -1.06. The Morgan fingerprint density at radius 1 is 0.969 bits per heavy atom. The van der Waals surface area contributed by atoms with Gasteiger partial charge < -0.3 is 10.2 Å². The van der Waals surface area contributed by atoms with E-state index in [1.54, 1.807) is 30.3 Å². The summed E-state index contributed by atoms with van der Waals surface area (Å²) < 4.78 is 15.0. The number of nitrogens with zero attached hydrogens (tertiary/aromatic N) is 1. The Bertz CT molecular complexity index is 1030. The third-order valence-electron chi connectivity index (χ3n) is 5.90. The number of benzene rings is 2. The van der Waals surface area contributed by atoms with Gasteiger partial charge in [0.25, 0.3) is 5.91 Å². The van der Waals surface area contributed by atoms with Gasteiger partial charge >= 0.3 is 0 Å². The van der Waals surface area contributed by atoms with Gasteiger partial charge in [-0.05, 0) is 35.9 Å². The van der Waals surface area contributed by atoms with Crippen LogP contribution in [0.5, 0.6) is 0 Å². The monoisotopic (exact) mass is 450 g/mol. The van der Waals surface area contributed by atoms with Crippen LogP contribution in [0, 0.1) is 5.82 Å². The number of hydrogen-bond acceptors (Lipinski definition) is 3. The zero-order valence-electron chi connectivity index (χ0n) is 17.9. The number of rotatable bonds is 7. The Kier molecular flexibility index (Phi) is 7.32. The van der Waals surface area contributed by atoms with Gasteiger partial charge in [-0.1, -0.05) is 73.9 Å². The van der Waals surface area contributed by atoms with Crippen LogP contribution in [0.4, 0.5) is 4.39 Å². The molecule has 4 rings (SSSR count). The van der Waals surface area contributed by atoms with Crippen LogP contribution < -0.4 is 5.32 Å². The average Bonchev–Trinajstić information content (AvgIpc) is 3.36. The first-order chi connectivity index (χ1) is 15.6. The van der Waals surface area contributed by atoms with E-state index in [2.05, 4.69) is 5.32 Å². The molecule has 2 aromatic carbocycles. The minimum Gasteiger partial charge on any atom is -0.351 e. The van der Waals surface area contributed by atoms with Gasteiger partial charge in [-0.2, -0.15) is 0 Å². The first-order valence-electron chi connectivity index (χ1n) is 11.1. The molecule has 0 saturated heterocycles. The van der Waals surface area contributed by atoms with Crippen LogP contribution in [0.15, 0.2) is 72.1 Å². The second-order valence-electron chi connectivity index (χ2n) is 8.16. The molecular formula is C26H27FN2O2S. The fourth-order valence-electron chi connectivity index (χ4n) is 4.28. The maximum absolute atomic E-state index is 15.0. The zero-order valence-corrected chi connectivity index (χ0v) is 18.7. The second kappa shape index (κ2) is 10.6. The van der Waals surface area contributed by atoms with Crippen molar-refractivity contribution in [3.8, 4) is 0 Å². The molecule has 1 aromatic heterocycles. The molecule has 1 aliphatic rings. The summed E-state index contributed by atoms with van der Waals surface area (Å²) in [4.78, 5) is 29.2. The van der Waals surface area contributed by atoms with Crippen molar-refractivity contribution in [1.82, 2.24) is 10.2 Å². The molecule has 1 N–H and O–H groups in total. The number of hydrogen-bond donors (Lipinski definition) is 1. The van der Waals surface area contributed by atoms with Gasteiger partial charge in [-0.3, -0.25) is 9.59 Å². The summed E-state index contributed by atoms with van der Waals surface area (Å²) in [5.41, 5.74) is 1.09. The SMILES string of the molecule is O=C(NC1CCCCC1)[C@@H](c1ccccc1F)N(Cc1ccccc1)C(=O)c1cccs1. The third kappa shape index (κ3) is 5.25. The maximum atomic E-state index is 15.0. The van der Waals surface area contributed by atoms with Gasteiger partial charge in [0.1, 0.15) is 11.9 Å².